The first-order valence-electron chi connectivity index (χ1n) is 3.88. The first-order chi connectivity index (χ1) is 6.16. The van der Waals surface area contributed by atoms with E-state index in [-0.39, 0.29) is 0 Å². The van der Waals surface area contributed by atoms with E-state index in [4.69, 9.17) is 5.11 Å². The molecule has 1 aromatic heterocycles. The molecule has 1 N–H and O–H groups in total. The Kier molecular flexibility index (Phi) is 3.31. The van der Waals surface area contributed by atoms with Gasteiger partial charge < -0.3 is 5.11 Å². The van der Waals surface area contributed by atoms with Gasteiger partial charge in [-0.2, -0.15) is 0 Å². The van der Waals surface area contributed by atoms with Gasteiger partial charge in [0.1, 0.15) is 0 Å². The van der Waals surface area contributed by atoms with Crippen molar-refractivity contribution in [2.24, 2.45) is 0 Å². The summed E-state index contributed by atoms with van der Waals surface area (Å²) in [5, 5.41) is 9.61. The van der Waals surface area contributed by atoms with Crippen LogP contribution in [0.15, 0.2) is 23.4 Å². The molecule has 0 saturated heterocycles. The van der Waals surface area contributed by atoms with Gasteiger partial charge in [-0.25, -0.2) is 4.98 Å². The van der Waals surface area contributed by atoms with Gasteiger partial charge in [0.25, 0.3) is 0 Å². The summed E-state index contributed by atoms with van der Waals surface area (Å²) in [7, 11) is 0. The van der Waals surface area contributed by atoms with Crippen LogP contribution in [0.4, 0.5) is 0 Å². The van der Waals surface area contributed by atoms with E-state index < -0.39 is 11.9 Å². The second kappa shape index (κ2) is 4.28. The van der Waals surface area contributed by atoms with E-state index in [2.05, 4.69) is 4.98 Å². The average molecular weight is 197 g/mol. The van der Waals surface area contributed by atoms with Crippen LogP contribution in [0.5, 0.6) is 0 Å². The predicted octanol–water partition coefficient (Wildman–Crippen LogP) is 1.99. The van der Waals surface area contributed by atoms with E-state index in [0.29, 0.717) is 0 Å². The molecule has 1 heterocycles. The highest BCUT2D eigenvalue weighted by Crippen LogP contribution is 2.24. The molecule has 1 rings (SSSR count). The molecule has 1 aromatic rings. The molecule has 0 saturated carbocycles. The quantitative estimate of drug-likeness (QED) is 0.753. The number of nitrogens with zero attached hydrogens (tertiary/aromatic N) is 1. The van der Waals surface area contributed by atoms with Crippen molar-refractivity contribution in [2.45, 2.75) is 17.9 Å². The highest BCUT2D eigenvalue weighted by molar-refractivity contribution is 7.98. The zero-order valence-electron chi connectivity index (χ0n) is 7.52. The molecule has 0 bridgehead atoms. The van der Waals surface area contributed by atoms with E-state index in [1.165, 1.54) is 11.8 Å². The maximum Gasteiger partial charge on any atom is 0.310 e. The molecule has 4 heteroatoms. The monoisotopic (exact) mass is 197 g/mol. The van der Waals surface area contributed by atoms with Crippen LogP contribution in [0.25, 0.3) is 0 Å². The Labute approximate surface area is 81.2 Å². The van der Waals surface area contributed by atoms with E-state index in [0.717, 1.165) is 10.6 Å². The van der Waals surface area contributed by atoms with Crippen LogP contribution in [0, 0.1) is 0 Å². The number of thioether (sulfide) groups is 1. The van der Waals surface area contributed by atoms with Gasteiger partial charge in [-0.1, -0.05) is 6.07 Å². The molecule has 13 heavy (non-hydrogen) atoms. The minimum absolute atomic E-state index is 0.490. The fourth-order valence-electron chi connectivity index (χ4n) is 1.04. The maximum absolute atomic E-state index is 10.7. The lowest BCUT2D eigenvalue weighted by Gasteiger charge is -2.09. The Hall–Kier alpha value is -1.03. The molecular formula is C9H11NO2S. The van der Waals surface area contributed by atoms with Crippen LogP contribution in [-0.2, 0) is 4.79 Å². The van der Waals surface area contributed by atoms with Gasteiger partial charge in [-0.3, -0.25) is 4.79 Å². The normalized spacial score (nSPS) is 12.5. The third-order valence-electron chi connectivity index (χ3n) is 1.83. The molecule has 0 aliphatic heterocycles. The molecule has 0 aliphatic carbocycles. The Morgan fingerprint density at radius 2 is 2.38 bits per heavy atom. The van der Waals surface area contributed by atoms with Crippen LogP contribution in [0.3, 0.4) is 0 Å². The number of carbonyl (C=O) groups is 1. The number of carboxylic acid groups (broad SMARTS) is 1. The Morgan fingerprint density at radius 1 is 1.69 bits per heavy atom. The number of aliphatic carboxylic acids is 1. The average Bonchev–Trinajstić information content (AvgIpc) is 2.16. The van der Waals surface area contributed by atoms with Crippen molar-refractivity contribution in [3.63, 3.8) is 0 Å². The summed E-state index contributed by atoms with van der Waals surface area (Å²) in [4.78, 5) is 14.8. The van der Waals surface area contributed by atoms with Crippen molar-refractivity contribution in [1.82, 2.24) is 4.98 Å². The Bertz CT molecular complexity index is 314. The number of hydrogen-bond acceptors (Lipinski definition) is 3. The summed E-state index contributed by atoms with van der Waals surface area (Å²) >= 11 is 1.47. The Balaban J connectivity index is 3.05. The summed E-state index contributed by atoms with van der Waals surface area (Å²) in [5.74, 6) is -1.31. The summed E-state index contributed by atoms with van der Waals surface area (Å²) in [5.41, 5.74) is 0.780. The molecule has 0 radical (unpaired) electrons. The number of pyridine rings is 1. The molecule has 0 amide bonds. The zero-order valence-corrected chi connectivity index (χ0v) is 8.34. The molecule has 70 valence electrons. The summed E-state index contributed by atoms with van der Waals surface area (Å²) in [6.07, 6.45) is 3.56. The first-order valence-corrected chi connectivity index (χ1v) is 5.11. The van der Waals surface area contributed by atoms with Crippen LogP contribution in [-0.4, -0.2) is 22.3 Å². The summed E-state index contributed by atoms with van der Waals surface area (Å²) in [6.45, 7) is 1.67. The smallest absolute Gasteiger partial charge is 0.310 e. The van der Waals surface area contributed by atoms with Gasteiger partial charge in [0.2, 0.25) is 0 Å². The van der Waals surface area contributed by atoms with E-state index in [9.17, 15) is 4.79 Å². The molecular weight excluding hydrogens is 186 g/mol. The highest BCUT2D eigenvalue weighted by Gasteiger charge is 2.17. The van der Waals surface area contributed by atoms with Crippen LogP contribution in [0.1, 0.15) is 18.4 Å². The van der Waals surface area contributed by atoms with Crippen molar-refractivity contribution in [3.05, 3.63) is 23.9 Å². The number of carboxylic acids is 1. The third kappa shape index (κ3) is 2.21. The fraction of sp³-hybridized carbons (Fsp3) is 0.333. The van der Waals surface area contributed by atoms with E-state index in [1.54, 1.807) is 25.3 Å². The summed E-state index contributed by atoms with van der Waals surface area (Å²) in [6, 6.07) is 3.56. The number of hydrogen-bond donors (Lipinski definition) is 1. The molecule has 0 aliphatic rings. The molecule has 0 fully saturated rings. The van der Waals surface area contributed by atoms with Crippen molar-refractivity contribution in [1.29, 1.82) is 0 Å². The van der Waals surface area contributed by atoms with Gasteiger partial charge in [0.05, 0.1) is 10.9 Å². The highest BCUT2D eigenvalue weighted by atomic mass is 32.2. The topological polar surface area (TPSA) is 50.2 Å². The van der Waals surface area contributed by atoms with Crippen LogP contribution < -0.4 is 0 Å². The van der Waals surface area contributed by atoms with Crippen molar-refractivity contribution in [2.75, 3.05) is 6.26 Å². The van der Waals surface area contributed by atoms with Gasteiger partial charge in [-0.05, 0) is 24.8 Å². The second-order valence-corrected chi connectivity index (χ2v) is 3.46. The second-order valence-electron chi connectivity index (χ2n) is 2.66. The zero-order chi connectivity index (χ0) is 9.84. The molecule has 1 unspecified atom stereocenters. The summed E-state index contributed by atoms with van der Waals surface area (Å²) < 4.78 is 0. The lowest BCUT2D eigenvalue weighted by atomic mass is 10.0. The molecule has 0 spiro atoms. The lowest BCUT2D eigenvalue weighted by Crippen LogP contribution is -2.08. The lowest BCUT2D eigenvalue weighted by molar-refractivity contribution is -0.138. The fourth-order valence-corrected chi connectivity index (χ4v) is 1.68. The Morgan fingerprint density at radius 3 is 2.92 bits per heavy atom. The van der Waals surface area contributed by atoms with Gasteiger partial charge in [0, 0.05) is 6.20 Å². The van der Waals surface area contributed by atoms with Crippen molar-refractivity contribution >= 4 is 17.7 Å². The number of rotatable bonds is 3. The van der Waals surface area contributed by atoms with Crippen LogP contribution in [0.2, 0.25) is 0 Å². The SMILES string of the molecule is CSc1ncccc1C(C)C(=O)O. The molecule has 1 atom stereocenters. The third-order valence-corrected chi connectivity index (χ3v) is 2.56. The van der Waals surface area contributed by atoms with Crippen molar-refractivity contribution < 1.29 is 9.90 Å². The van der Waals surface area contributed by atoms with Crippen LogP contribution >= 0.6 is 11.8 Å². The van der Waals surface area contributed by atoms with E-state index >= 15 is 0 Å². The minimum Gasteiger partial charge on any atom is -0.481 e. The predicted molar refractivity (Wildman–Crippen MR) is 52.1 cm³/mol. The minimum atomic E-state index is -0.816. The van der Waals surface area contributed by atoms with Gasteiger partial charge in [-0.15, -0.1) is 11.8 Å². The molecule has 3 nitrogen and oxygen atoms in total. The number of aromatic nitrogens is 1. The molecule has 0 aromatic carbocycles. The first kappa shape index (κ1) is 10.1. The standard InChI is InChI=1S/C9H11NO2S/c1-6(9(11)12)7-4-3-5-10-8(7)13-2/h3-6H,1-2H3,(H,11,12). The largest absolute Gasteiger partial charge is 0.481 e. The maximum atomic E-state index is 10.7. The van der Waals surface area contributed by atoms with Gasteiger partial charge in [0.15, 0.2) is 0 Å². The van der Waals surface area contributed by atoms with Gasteiger partial charge >= 0.3 is 5.97 Å². The van der Waals surface area contributed by atoms with E-state index in [1.807, 2.05) is 6.26 Å². The van der Waals surface area contributed by atoms with Crippen molar-refractivity contribution in [3.8, 4) is 0 Å².